The summed E-state index contributed by atoms with van der Waals surface area (Å²) in [4.78, 5) is 23.1. The Bertz CT molecular complexity index is 563. The zero-order valence-corrected chi connectivity index (χ0v) is 10.6. The van der Waals surface area contributed by atoms with Gasteiger partial charge in [-0.1, -0.05) is 24.8 Å². The molecule has 6 heteroatoms. The van der Waals surface area contributed by atoms with E-state index < -0.39 is 26.8 Å². The van der Waals surface area contributed by atoms with Crippen LogP contribution in [0.25, 0.3) is 0 Å². The van der Waals surface area contributed by atoms with Crippen molar-refractivity contribution in [3.05, 3.63) is 42.3 Å². The van der Waals surface area contributed by atoms with Crippen LogP contribution >= 0.6 is 0 Å². The number of carbonyl (C=O) groups is 2. The molecule has 1 unspecified atom stereocenters. The molecule has 1 amide bonds. The second-order valence-electron chi connectivity index (χ2n) is 3.60. The van der Waals surface area contributed by atoms with Crippen LogP contribution in [0.15, 0.2) is 42.3 Å². The number of amides is 1. The Morgan fingerprint density at radius 1 is 1.28 bits per heavy atom. The largest absolute Gasteiger partial charge is 0.325 e. The minimum absolute atomic E-state index is 0.424. The molecule has 1 atom stereocenters. The van der Waals surface area contributed by atoms with Gasteiger partial charge >= 0.3 is 0 Å². The van der Waals surface area contributed by atoms with Crippen molar-refractivity contribution in [3.8, 4) is 0 Å². The summed E-state index contributed by atoms with van der Waals surface area (Å²) < 4.78 is 23.1. The minimum atomic E-state index is -3.98. The summed E-state index contributed by atoms with van der Waals surface area (Å²) in [5, 5.41) is 1.24. The third-order valence-corrected chi connectivity index (χ3v) is 3.88. The lowest BCUT2D eigenvalue weighted by Gasteiger charge is -2.12. The van der Waals surface area contributed by atoms with E-state index in [1.165, 1.54) is 0 Å². The van der Waals surface area contributed by atoms with Crippen LogP contribution in [-0.2, 0) is 19.4 Å². The number of benzene rings is 1. The summed E-state index contributed by atoms with van der Waals surface area (Å²) in [6.45, 7) is 4.16. The third-order valence-electron chi connectivity index (χ3n) is 2.21. The first-order chi connectivity index (χ1) is 8.38. The van der Waals surface area contributed by atoms with Crippen molar-refractivity contribution in [2.75, 3.05) is 5.32 Å². The second kappa shape index (κ2) is 5.59. The van der Waals surface area contributed by atoms with Gasteiger partial charge in [-0.15, -0.1) is 0 Å². The number of para-hydroxylation sites is 1. The first kappa shape index (κ1) is 14.1. The number of rotatable bonds is 5. The molecule has 0 radical (unpaired) electrons. The van der Waals surface area contributed by atoms with Crippen molar-refractivity contribution in [3.63, 3.8) is 0 Å². The number of ketones is 1. The van der Waals surface area contributed by atoms with Crippen LogP contribution in [0.5, 0.6) is 0 Å². The fraction of sp³-hybridized carbons (Fsp3) is 0.167. The van der Waals surface area contributed by atoms with E-state index in [2.05, 4.69) is 11.9 Å². The molecule has 1 N–H and O–H groups in total. The molecule has 0 aromatic heterocycles. The van der Waals surface area contributed by atoms with E-state index in [1.54, 1.807) is 30.3 Å². The van der Waals surface area contributed by atoms with Gasteiger partial charge in [0.1, 0.15) is 0 Å². The molecule has 5 nitrogen and oxygen atoms in total. The normalized spacial score (nSPS) is 12.5. The first-order valence-corrected chi connectivity index (χ1v) is 6.72. The molecular weight excluding hydrogens is 254 g/mol. The lowest BCUT2D eigenvalue weighted by molar-refractivity contribution is -0.123. The van der Waals surface area contributed by atoms with Gasteiger partial charge < -0.3 is 5.32 Å². The van der Waals surface area contributed by atoms with Crippen molar-refractivity contribution in [2.45, 2.75) is 12.2 Å². The second-order valence-corrected chi connectivity index (χ2v) is 5.58. The van der Waals surface area contributed by atoms with Crippen LogP contribution in [0, 0.1) is 0 Å². The maximum atomic E-state index is 11.8. The molecule has 18 heavy (non-hydrogen) atoms. The monoisotopic (exact) mass is 267 g/mol. The van der Waals surface area contributed by atoms with Gasteiger partial charge in [-0.05, 0) is 19.1 Å². The number of nitrogens with one attached hydrogen (secondary N) is 1. The predicted molar refractivity (Wildman–Crippen MR) is 68.7 cm³/mol. The lowest BCUT2D eigenvalue weighted by atomic mass is 10.2. The molecular formula is C12H13NO4S. The highest BCUT2D eigenvalue weighted by Gasteiger charge is 2.34. The van der Waals surface area contributed by atoms with Gasteiger partial charge in [-0.2, -0.15) is 0 Å². The van der Waals surface area contributed by atoms with Crippen LogP contribution < -0.4 is 5.32 Å². The maximum absolute atomic E-state index is 11.8. The predicted octanol–water partition coefficient (Wildman–Crippen LogP) is 1.14. The van der Waals surface area contributed by atoms with Crippen LogP contribution in [0.3, 0.4) is 0 Å². The molecule has 0 heterocycles. The third kappa shape index (κ3) is 3.27. The van der Waals surface area contributed by atoms with E-state index in [0.29, 0.717) is 11.1 Å². The molecule has 0 aliphatic carbocycles. The zero-order valence-electron chi connectivity index (χ0n) is 9.79. The molecule has 0 saturated heterocycles. The molecule has 1 rings (SSSR count). The number of sulfone groups is 1. The highest BCUT2D eigenvalue weighted by molar-refractivity contribution is 7.96. The molecule has 0 bridgehead atoms. The lowest BCUT2D eigenvalue weighted by Crippen LogP contribution is -2.39. The van der Waals surface area contributed by atoms with E-state index in [9.17, 15) is 18.0 Å². The highest BCUT2D eigenvalue weighted by Crippen LogP contribution is 2.11. The molecule has 1 aromatic rings. The van der Waals surface area contributed by atoms with Gasteiger partial charge in [0.05, 0.1) is 0 Å². The molecule has 1 aromatic carbocycles. The van der Waals surface area contributed by atoms with E-state index in [0.717, 1.165) is 6.92 Å². The summed E-state index contributed by atoms with van der Waals surface area (Å²) in [5.74, 6) is -1.63. The molecule has 0 aliphatic rings. The van der Waals surface area contributed by atoms with E-state index in [4.69, 9.17) is 0 Å². The van der Waals surface area contributed by atoms with Gasteiger partial charge in [0.25, 0.3) is 5.91 Å². The van der Waals surface area contributed by atoms with Crippen LogP contribution in [-0.4, -0.2) is 25.4 Å². The van der Waals surface area contributed by atoms with Crippen molar-refractivity contribution >= 4 is 27.2 Å². The Kier molecular flexibility index (Phi) is 4.38. The zero-order chi connectivity index (χ0) is 13.8. The molecule has 0 aliphatic heterocycles. The van der Waals surface area contributed by atoms with Gasteiger partial charge in [0, 0.05) is 11.1 Å². The maximum Gasteiger partial charge on any atom is 0.250 e. The minimum Gasteiger partial charge on any atom is -0.325 e. The smallest absolute Gasteiger partial charge is 0.250 e. The van der Waals surface area contributed by atoms with Crippen LogP contribution in [0.1, 0.15) is 6.92 Å². The van der Waals surface area contributed by atoms with Crippen LogP contribution in [0.2, 0.25) is 0 Å². The fourth-order valence-corrected chi connectivity index (χ4v) is 2.40. The van der Waals surface area contributed by atoms with Gasteiger partial charge in [0.2, 0.25) is 5.25 Å². The number of anilines is 1. The average molecular weight is 267 g/mol. The number of hydrogen-bond donors (Lipinski definition) is 1. The fourth-order valence-electron chi connectivity index (χ4n) is 1.39. The van der Waals surface area contributed by atoms with Crippen molar-refractivity contribution in [1.29, 1.82) is 0 Å². The van der Waals surface area contributed by atoms with Gasteiger partial charge in [0.15, 0.2) is 15.6 Å². The van der Waals surface area contributed by atoms with Gasteiger partial charge in [-0.3, -0.25) is 9.59 Å². The first-order valence-electron chi connectivity index (χ1n) is 5.11. The SMILES string of the molecule is C=CS(=O)(=O)C(C(C)=O)C(=O)Nc1ccccc1. The average Bonchev–Trinajstić information content (AvgIpc) is 2.29. The summed E-state index contributed by atoms with van der Waals surface area (Å²) in [6.07, 6.45) is 0. The number of hydrogen-bond acceptors (Lipinski definition) is 4. The molecule has 0 saturated carbocycles. The van der Waals surface area contributed by atoms with Crippen molar-refractivity contribution < 1.29 is 18.0 Å². The Morgan fingerprint density at radius 2 is 1.83 bits per heavy atom. The van der Waals surface area contributed by atoms with Crippen molar-refractivity contribution in [2.24, 2.45) is 0 Å². The Labute approximate surface area is 105 Å². The Balaban J connectivity index is 3.00. The standard InChI is InChI=1S/C12H13NO4S/c1-3-18(16,17)11(9(2)14)12(15)13-10-7-5-4-6-8-10/h3-8,11H,1H2,2H3,(H,13,15). The number of carbonyl (C=O) groups excluding carboxylic acids is 2. The summed E-state index contributed by atoms with van der Waals surface area (Å²) >= 11 is 0. The highest BCUT2D eigenvalue weighted by atomic mass is 32.2. The quantitative estimate of drug-likeness (QED) is 0.811. The molecule has 0 spiro atoms. The molecule has 0 fully saturated rings. The Hall–Kier alpha value is -1.95. The summed E-state index contributed by atoms with van der Waals surface area (Å²) in [6, 6.07) is 8.30. The Morgan fingerprint density at radius 3 is 2.28 bits per heavy atom. The van der Waals surface area contributed by atoms with Crippen molar-refractivity contribution in [1.82, 2.24) is 0 Å². The van der Waals surface area contributed by atoms with Gasteiger partial charge in [-0.25, -0.2) is 8.42 Å². The summed E-state index contributed by atoms with van der Waals surface area (Å²) in [5.41, 5.74) is 0.424. The van der Waals surface area contributed by atoms with Crippen LogP contribution in [0.4, 0.5) is 5.69 Å². The number of Topliss-reactive ketones (excluding diaryl/α,β-unsaturated/α-hetero) is 1. The molecule has 96 valence electrons. The topological polar surface area (TPSA) is 80.3 Å². The summed E-state index contributed by atoms with van der Waals surface area (Å²) in [7, 11) is -3.98. The van der Waals surface area contributed by atoms with E-state index in [-0.39, 0.29) is 0 Å². The van der Waals surface area contributed by atoms with E-state index >= 15 is 0 Å². The van der Waals surface area contributed by atoms with E-state index in [1.807, 2.05) is 0 Å².